The van der Waals surface area contributed by atoms with Crippen molar-refractivity contribution >= 4 is 11.8 Å². The van der Waals surface area contributed by atoms with Crippen molar-refractivity contribution < 1.29 is 24.1 Å². The topological polar surface area (TPSA) is 71.5 Å². The van der Waals surface area contributed by atoms with E-state index in [1.807, 2.05) is 6.07 Å². The van der Waals surface area contributed by atoms with Gasteiger partial charge in [0, 0.05) is 12.2 Å². The van der Waals surface area contributed by atoms with E-state index in [2.05, 4.69) is 17.0 Å². The van der Waals surface area contributed by atoms with Crippen LogP contribution in [-0.2, 0) is 4.74 Å². The number of piperidine rings is 1. The fraction of sp³-hybridized carbons (Fsp3) is 0.409. The fourth-order valence-corrected chi connectivity index (χ4v) is 4.36. The summed E-state index contributed by atoms with van der Waals surface area (Å²) in [5, 5.41) is 9.43. The van der Waals surface area contributed by atoms with Crippen LogP contribution in [0.15, 0.2) is 42.5 Å². The van der Waals surface area contributed by atoms with Crippen molar-refractivity contribution in [2.24, 2.45) is 0 Å². The first-order valence-electron chi connectivity index (χ1n) is 10.0. The minimum atomic E-state index is -0.323. The number of nitrogens with zero attached hydrogens (tertiary/aromatic N) is 2. The maximum atomic E-state index is 12.2. The van der Waals surface area contributed by atoms with Gasteiger partial charge >= 0.3 is 6.09 Å². The van der Waals surface area contributed by atoms with Crippen molar-refractivity contribution in [1.82, 2.24) is 4.90 Å². The van der Waals surface area contributed by atoms with Gasteiger partial charge in [0.15, 0.2) is 11.5 Å². The Bertz CT molecular complexity index is 893. The molecule has 2 aromatic rings. The number of fused-ring (bicyclic) bond motifs is 1. The Labute approximate surface area is 169 Å². The van der Waals surface area contributed by atoms with E-state index in [0.29, 0.717) is 19.3 Å². The zero-order valence-electron chi connectivity index (χ0n) is 16.1. The summed E-state index contributed by atoms with van der Waals surface area (Å²) in [7, 11) is 0. The number of anilines is 1. The zero-order valence-corrected chi connectivity index (χ0v) is 16.1. The van der Waals surface area contributed by atoms with Gasteiger partial charge in [-0.05, 0) is 73.8 Å². The standard InChI is InChI=1S/C22H24N2O5/c25-18-4-2-17(3-5-18)24-13-19(29-22(24)26)12-23-9-7-15(8-10-23)16-1-6-20-21(11-16)28-14-27-20/h1-6,11,15,19,25H,7-10,12-14H2. The number of benzene rings is 2. The number of likely N-dealkylation sites (tertiary alicyclic amines) is 1. The van der Waals surface area contributed by atoms with Crippen LogP contribution >= 0.6 is 0 Å². The second kappa shape index (κ2) is 7.48. The molecule has 0 spiro atoms. The number of hydrogen-bond acceptors (Lipinski definition) is 6. The van der Waals surface area contributed by atoms with E-state index in [9.17, 15) is 9.90 Å². The molecular formula is C22H24N2O5. The normalized spacial score (nSPS) is 22.1. The number of carbonyl (C=O) groups excluding carboxylic acids is 1. The zero-order chi connectivity index (χ0) is 19.8. The molecule has 7 heteroatoms. The maximum absolute atomic E-state index is 12.2. The first-order valence-corrected chi connectivity index (χ1v) is 10.0. The number of amides is 1. The predicted octanol–water partition coefficient (Wildman–Crippen LogP) is 3.33. The molecule has 0 aromatic heterocycles. The number of cyclic esters (lactones) is 1. The SMILES string of the molecule is O=C1OC(CN2CCC(c3ccc4c(c3)OCO4)CC2)CN1c1ccc(O)cc1. The van der Waals surface area contributed by atoms with E-state index in [1.165, 1.54) is 5.56 Å². The van der Waals surface area contributed by atoms with Crippen LogP contribution in [0.25, 0.3) is 0 Å². The van der Waals surface area contributed by atoms with Crippen molar-refractivity contribution in [3.8, 4) is 17.2 Å². The van der Waals surface area contributed by atoms with Crippen LogP contribution in [0.2, 0.25) is 0 Å². The molecule has 0 aliphatic carbocycles. The van der Waals surface area contributed by atoms with Crippen molar-refractivity contribution in [3.05, 3.63) is 48.0 Å². The molecule has 29 heavy (non-hydrogen) atoms. The summed E-state index contributed by atoms with van der Waals surface area (Å²) >= 11 is 0. The summed E-state index contributed by atoms with van der Waals surface area (Å²) in [4.78, 5) is 16.2. The van der Waals surface area contributed by atoms with Gasteiger partial charge in [-0.15, -0.1) is 0 Å². The van der Waals surface area contributed by atoms with E-state index in [1.54, 1.807) is 29.2 Å². The monoisotopic (exact) mass is 396 g/mol. The molecule has 3 heterocycles. The molecule has 152 valence electrons. The van der Waals surface area contributed by atoms with Crippen LogP contribution in [0.5, 0.6) is 17.2 Å². The number of phenolic OH excluding ortho intramolecular Hbond substituents is 1. The van der Waals surface area contributed by atoms with Gasteiger partial charge in [-0.3, -0.25) is 9.80 Å². The molecule has 0 radical (unpaired) electrons. The summed E-state index contributed by atoms with van der Waals surface area (Å²) in [6.45, 7) is 3.54. The number of carbonyl (C=O) groups is 1. The van der Waals surface area contributed by atoms with Gasteiger partial charge in [0.05, 0.1) is 6.54 Å². The van der Waals surface area contributed by atoms with Crippen molar-refractivity contribution in [2.45, 2.75) is 24.9 Å². The Hall–Kier alpha value is -2.93. The van der Waals surface area contributed by atoms with Gasteiger partial charge in [-0.25, -0.2) is 4.79 Å². The Balaban J connectivity index is 1.15. The number of phenols is 1. The lowest BCUT2D eigenvalue weighted by Crippen LogP contribution is -2.39. The van der Waals surface area contributed by atoms with E-state index in [4.69, 9.17) is 14.2 Å². The lowest BCUT2D eigenvalue weighted by atomic mass is 9.89. The third kappa shape index (κ3) is 3.70. The highest BCUT2D eigenvalue weighted by Gasteiger charge is 2.34. The van der Waals surface area contributed by atoms with Crippen LogP contribution in [0.4, 0.5) is 10.5 Å². The minimum Gasteiger partial charge on any atom is -0.508 e. The van der Waals surface area contributed by atoms with E-state index >= 15 is 0 Å². The van der Waals surface area contributed by atoms with Crippen LogP contribution in [0.3, 0.4) is 0 Å². The summed E-state index contributed by atoms with van der Waals surface area (Å²) < 4.78 is 16.5. The molecule has 0 bridgehead atoms. The van der Waals surface area contributed by atoms with Gasteiger partial charge in [0.2, 0.25) is 6.79 Å². The summed E-state index contributed by atoms with van der Waals surface area (Å²) in [5.41, 5.74) is 2.05. The summed E-state index contributed by atoms with van der Waals surface area (Å²) in [5.74, 6) is 2.37. The quantitative estimate of drug-likeness (QED) is 0.855. The van der Waals surface area contributed by atoms with Gasteiger partial charge in [0.25, 0.3) is 0 Å². The number of ether oxygens (including phenoxy) is 3. The molecular weight excluding hydrogens is 372 g/mol. The van der Waals surface area contributed by atoms with E-state index < -0.39 is 0 Å². The largest absolute Gasteiger partial charge is 0.508 e. The number of aromatic hydroxyl groups is 1. The highest BCUT2D eigenvalue weighted by Crippen LogP contribution is 2.37. The number of rotatable bonds is 4. The van der Waals surface area contributed by atoms with Crippen LogP contribution in [0, 0.1) is 0 Å². The summed E-state index contributed by atoms with van der Waals surface area (Å²) in [6, 6.07) is 12.9. The number of hydrogen-bond donors (Lipinski definition) is 1. The van der Waals surface area contributed by atoms with Crippen molar-refractivity contribution in [2.75, 3.05) is 37.9 Å². The molecule has 1 N–H and O–H groups in total. The highest BCUT2D eigenvalue weighted by atomic mass is 16.7. The van der Waals surface area contributed by atoms with Crippen LogP contribution in [-0.4, -0.2) is 55.2 Å². The van der Waals surface area contributed by atoms with E-state index in [-0.39, 0.29) is 17.9 Å². The van der Waals surface area contributed by atoms with E-state index in [0.717, 1.165) is 49.7 Å². The first-order chi connectivity index (χ1) is 14.2. The minimum absolute atomic E-state index is 0.140. The fourth-order valence-electron chi connectivity index (χ4n) is 4.36. The maximum Gasteiger partial charge on any atom is 0.414 e. The molecule has 7 nitrogen and oxygen atoms in total. The third-order valence-electron chi connectivity index (χ3n) is 5.95. The molecule has 1 amide bonds. The Morgan fingerprint density at radius 3 is 2.55 bits per heavy atom. The Morgan fingerprint density at radius 2 is 1.76 bits per heavy atom. The average molecular weight is 396 g/mol. The third-order valence-corrected chi connectivity index (χ3v) is 5.95. The molecule has 3 aliphatic heterocycles. The van der Waals surface area contributed by atoms with Gasteiger partial charge in [-0.1, -0.05) is 6.07 Å². The molecule has 1 atom stereocenters. The van der Waals surface area contributed by atoms with Gasteiger partial charge in [-0.2, -0.15) is 0 Å². The highest BCUT2D eigenvalue weighted by molar-refractivity contribution is 5.89. The predicted molar refractivity (Wildman–Crippen MR) is 107 cm³/mol. The Kier molecular flexibility index (Phi) is 4.67. The smallest absolute Gasteiger partial charge is 0.414 e. The second-order valence-electron chi connectivity index (χ2n) is 7.82. The molecule has 0 saturated carbocycles. The molecule has 1 unspecified atom stereocenters. The van der Waals surface area contributed by atoms with Gasteiger partial charge in [0.1, 0.15) is 11.9 Å². The molecule has 3 aliphatic rings. The van der Waals surface area contributed by atoms with Crippen molar-refractivity contribution in [1.29, 1.82) is 0 Å². The van der Waals surface area contributed by atoms with Gasteiger partial charge < -0.3 is 19.3 Å². The summed E-state index contributed by atoms with van der Waals surface area (Å²) in [6.07, 6.45) is 1.68. The molecule has 2 saturated heterocycles. The Morgan fingerprint density at radius 1 is 1.00 bits per heavy atom. The lowest BCUT2D eigenvalue weighted by molar-refractivity contribution is 0.0976. The first kappa shape index (κ1) is 18.1. The van der Waals surface area contributed by atoms with Crippen LogP contribution in [0.1, 0.15) is 24.3 Å². The van der Waals surface area contributed by atoms with Crippen LogP contribution < -0.4 is 14.4 Å². The average Bonchev–Trinajstić information content (AvgIpc) is 3.35. The lowest BCUT2D eigenvalue weighted by Gasteiger charge is -2.33. The molecule has 2 fully saturated rings. The van der Waals surface area contributed by atoms with Crippen molar-refractivity contribution in [3.63, 3.8) is 0 Å². The second-order valence-corrected chi connectivity index (χ2v) is 7.82. The molecule has 2 aromatic carbocycles. The molecule has 5 rings (SSSR count).